The summed E-state index contributed by atoms with van der Waals surface area (Å²) in [5, 5.41) is 11.3. The van der Waals surface area contributed by atoms with Gasteiger partial charge in [0.1, 0.15) is 23.0 Å². The van der Waals surface area contributed by atoms with Crippen LogP contribution in [0.3, 0.4) is 0 Å². The minimum Gasteiger partial charge on any atom is -0.507 e. The second kappa shape index (κ2) is 9.65. The summed E-state index contributed by atoms with van der Waals surface area (Å²) in [5.74, 6) is -2.57. The second-order valence-electron chi connectivity index (χ2n) is 7.69. The third kappa shape index (κ3) is 4.70. The first-order valence-corrected chi connectivity index (χ1v) is 10.6. The number of alkyl halides is 3. The highest BCUT2D eigenvalue weighted by Gasteiger charge is 2.47. The van der Waals surface area contributed by atoms with Crippen molar-refractivity contribution in [1.82, 2.24) is 0 Å². The van der Waals surface area contributed by atoms with Gasteiger partial charge in [-0.1, -0.05) is 36.4 Å². The maximum absolute atomic E-state index is 13.3. The van der Waals surface area contributed by atoms with Gasteiger partial charge >= 0.3 is 6.36 Å². The number of ketones is 1. The Labute approximate surface area is 203 Å². The van der Waals surface area contributed by atoms with Gasteiger partial charge in [-0.05, 0) is 35.9 Å². The summed E-state index contributed by atoms with van der Waals surface area (Å²) < 4.78 is 52.9. The van der Waals surface area contributed by atoms with E-state index in [1.807, 2.05) is 0 Å². The number of aliphatic hydroxyl groups is 1. The molecule has 0 spiro atoms. The van der Waals surface area contributed by atoms with Crippen LogP contribution in [0.4, 0.5) is 18.9 Å². The van der Waals surface area contributed by atoms with Gasteiger partial charge in [0.15, 0.2) is 0 Å². The molecule has 1 N–H and O–H groups in total. The molecule has 7 nitrogen and oxygen atoms in total. The highest BCUT2D eigenvalue weighted by molar-refractivity contribution is 6.51. The number of methoxy groups -OCH3 is 2. The molecule has 0 bridgehead atoms. The molecule has 1 aliphatic rings. The quantitative estimate of drug-likeness (QED) is 0.284. The Morgan fingerprint density at radius 2 is 1.61 bits per heavy atom. The molecule has 0 radical (unpaired) electrons. The number of carbonyl (C=O) groups excluding carboxylic acids is 2. The predicted octanol–water partition coefficient (Wildman–Crippen LogP) is 5.23. The van der Waals surface area contributed by atoms with Crippen LogP contribution >= 0.6 is 0 Å². The Morgan fingerprint density at radius 1 is 0.889 bits per heavy atom. The van der Waals surface area contributed by atoms with E-state index < -0.39 is 35.6 Å². The fraction of sp³-hybridized carbons (Fsp3) is 0.154. The van der Waals surface area contributed by atoms with Crippen molar-refractivity contribution < 1.29 is 42.1 Å². The number of nitrogens with zero attached hydrogens (tertiary/aromatic N) is 1. The lowest BCUT2D eigenvalue weighted by molar-refractivity contribution is -0.274. The van der Waals surface area contributed by atoms with Crippen LogP contribution in [0.1, 0.15) is 17.2 Å². The third-order valence-corrected chi connectivity index (χ3v) is 5.55. The van der Waals surface area contributed by atoms with Crippen molar-refractivity contribution in [1.29, 1.82) is 0 Å². The van der Waals surface area contributed by atoms with Crippen molar-refractivity contribution in [2.24, 2.45) is 0 Å². The van der Waals surface area contributed by atoms with Gasteiger partial charge in [0.05, 0.1) is 31.4 Å². The van der Waals surface area contributed by atoms with Gasteiger partial charge in [-0.25, -0.2) is 0 Å². The Hall–Kier alpha value is -4.47. The van der Waals surface area contributed by atoms with Gasteiger partial charge in [-0.2, -0.15) is 0 Å². The first kappa shape index (κ1) is 24.6. The second-order valence-corrected chi connectivity index (χ2v) is 7.69. The lowest BCUT2D eigenvalue weighted by Crippen LogP contribution is -2.29. The summed E-state index contributed by atoms with van der Waals surface area (Å²) in [6.45, 7) is 0. The Morgan fingerprint density at radius 3 is 2.25 bits per heavy atom. The van der Waals surface area contributed by atoms with Crippen molar-refractivity contribution in [2.75, 3.05) is 19.1 Å². The van der Waals surface area contributed by atoms with Gasteiger partial charge in [-0.3, -0.25) is 14.5 Å². The lowest BCUT2D eigenvalue weighted by atomic mass is 9.94. The summed E-state index contributed by atoms with van der Waals surface area (Å²) in [7, 11) is 2.79. The molecule has 1 aliphatic heterocycles. The van der Waals surface area contributed by atoms with Crippen LogP contribution in [-0.4, -0.2) is 37.4 Å². The van der Waals surface area contributed by atoms with Crippen molar-refractivity contribution in [2.45, 2.75) is 12.4 Å². The van der Waals surface area contributed by atoms with Crippen LogP contribution in [0.15, 0.2) is 78.4 Å². The molecule has 4 rings (SSSR count). The lowest BCUT2D eigenvalue weighted by Gasteiger charge is -2.26. The average molecular weight is 499 g/mol. The predicted molar refractivity (Wildman–Crippen MR) is 124 cm³/mol. The fourth-order valence-electron chi connectivity index (χ4n) is 4.02. The summed E-state index contributed by atoms with van der Waals surface area (Å²) in [6, 6.07) is 16.5. The number of aliphatic hydroxyl groups excluding tert-OH is 1. The molecule has 1 saturated heterocycles. The van der Waals surface area contributed by atoms with Crippen molar-refractivity contribution in [3.63, 3.8) is 0 Å². The van der Waals surface area contributed by atoms with Crippen LogP contribution in [0.5, 0.6) is 17.2 Å². The Balaban J connectivity index is 1.93. The Bertz CT molecular complexity index is 1340. The highest BCUT2D eigenvalue weighted by Crippen LogP contribution is 2.44. The van der Waals surface area contributed by atoms with E-state index in [-0.39, 0.29) is 22.6 Å². The maximum atomic E-state index is 13.3. The largest absolute Gasteiger partial charge is 0.573 e. The van der Waals surface area contributed by atoms with Crippen LogP contribution in [0.2, 0.25) is 0 Å². The molecule has 186 valence electrons. The van der Waals surface area contributed by atoms with Crippen LogP contribution in [0, 0.1) is 0 Å². The SMILES string of the molecule is COc1ccc(OC)c(/C(O)=C2\C(=O)C(=O)N(c3cccc(OC(F)(F)F)c3)C2c2ccccc2)c1. The molecule has 3 aromatic carbocycles. The maximum Gasteiger partial charge on any atom is 0.573 e. The molecule has 10 heteroatoms. The number of hydrogen-bond acceptors (Lipinski definition) is 6. The van der Waals surface area contributed by atoms with Crippen molar-refractivity contribution in [3.8, 4) is 17.2 Å². The zero-order valence-corrected chi connectivity index (χ0v) is 19.1. The van der Waals surface area contributed by atoms with Gasteiger partial charge < -0.3 is 19.3 Å². The highest BCUT2D eigenvalue weighted by atomic mass is 19.4. The number of Topliss-reactive ketones (excluding diaryl/α,β-unsaturated/α-hetero) is 1. The zero-order valence-electron chi connectivity index (χ0n) is 19.1. The number of rotatable bonds is 6. The Kier molecular flexibility index (Phi) is 6.61. The van der Waals surface area contributed by atoms with E-state index in [0.717, 1.165) is 17.0 Å². The molecule has 0 saturated carbocycles. The number of benzene rings is 3. The zero-order chi connectivity index (χ0) is 26.0. The summed E-state index contributed by atoms with van der Waals surface area (Å²) in [5.41, 5.74) is 0.261. The molecule has 1 unspecified atom stereocenters. The molecule has 1 atom stereocenters. The summed E-state index contributed by atoms with van der Waals surface area (Å²) in [4.78, 5) is 27.5. The summed E-state index contributed by atoms with van der Waals surface area (Å²) in [6.07, 6.45) is -4.95. The van der Waals surface area contributed by atoms with E-state index in [4.69, 9.17) is 9.47 Å². The first-order chi connectivity index (χ1) is 17.1. The van der Waals surface area contributed by atoms with E-state index in [1.54, 1.807) is 36.4 Å². The van der Waals surface area contributed by atoms with Gasteiger partial charge in [0.25, 0.3) is 11.7 Å². The molecular formula is C26H20F3NO6. The van der Waals surface area contributed by atoms with E-state index in [2.05, 4.69) is 4.74 Å². The third-order valence-electron chi connectivity index (χ3n) is 5.55. The van der Waals surface area contributed by atoms with E-state index in [0.29, 0.717) is 11.3 Å². The molecule has 36 heavy (non-hydrogen) atoms. The minimum atomic E-state index is -4.95. The molecule has 0 aromatic heterocycles. The number of halogens is 3. The topological polar surface area (TPSA) is 85.3 Å². The van der Waals surface area contributed by atoms with Gasteiger partial charge in [-0.15, -0.1) is 13.2 Å². The van der Waals surface area contributed by atoms with Gasteiger partial charge in [0, 0.05) is 11.8 Å². The van der Waals surface area contributed by atoms with E-state index in [9.17, 15) is 27.9 Å². The number of anilines is 1. The van der Waals surface area contributed by atoms with Crippen molar-refractivity contribution in [3.05, 3.63) is 89.5 Å². The molecule has 1 heterocycles. The van der Waals surface area contributed by atoms with Crippen LogP contribution < -0.4 is 19.1 Å². The van der Waals surface area contributed by atoms with Gasteiger partial charge in [0.2, 0.25) is 0 Å². The molecule has 1 amide bonds. The summed E-state index contributed by atoms with van der Waals surface area (Å²) >= 11 is 0. The van der Waals surface area contributed by atoms with Crippen LogP contribution in [0.25, 0.3) is 5.76 Å². The van der Waals surface area contributed by atoms with E-state index in [1.165, 1.54) is 38.5 Å². The first-order valence-electron chi connectivity index (χ1n) is 10.6. The normalized spacial score (nSPS) is 17.2. The molecule has 3 aromatic rings. The number of carbonyl (C=O) groups is 2. The van der Waals surface area contributed by atoms with Crippen molar-refractivity contribution >= 4 is 23.1 Å². The number of amides is 1. The smallest absolute Gasteiger partial charge is 0.507 e. The monoisotopic (exact) mass is 499 g/mol. The standard InChI is InChI=1S/C26H20F3NO6/c1-34-17-11-12-20(35-2)19(14-17)23(31)21-22(15-7-4-3-5-8-15)30(25(33)24(21)32)16-9-6-10-18(13-16)36-26(27,28)29/h3-14,22,31H,1-2H3/b23-21+. The van der Waals surface area contributed by atoms with Crippen LogP contribution in [-0.2, 0) is 9.59 Å². The number of hydrogen-bond donors (Lipinski definition) is 1. The van der Waals surface area contributed by atoms with E-state index >= 15 is 0 Å². The number of ether oxygens (including phenoxy) is 3. The average Bonchev–Trinajstić information content (AvgIpc) is 3.13. The molecule has 1 fully saturated rings. The molecular weight excluding hydrogens is 479 g/mol. The minimum absolute atomic E-state index is 0.0237. The molecule has 0 aliphatic carbocycles. The fourth-order valence-corrected chi connectivity index (χ4v) is 4.02.